The molecule has 5 nitrogen and oxygen atoms in total. The lowest BCUT2D eigenvalue weighted by Gasteiger charge is -2.12. The van der Waals surface area contributed by atoms with Gasteiger partial charge in [0, 0.05) is 12.8 Å². The van der Waals surface area contributed by atoms with E-state index in [4.69, 9.17) is 14.9 Å². The van der Waals surface area contributed by atoms with Crippen LogP contribution in [-0.2, 0) is 22.4 Å². The molecule has 0 saturated heterocycles. The quantitative estimate of drug-likeness (QED) is 0.530. The SMILES string of the molecule is COc1ccc(CCCCCC(=O)O)c(CCCCCC(=O)O)c1. The zero-order valence-electron chi connectivity index (χ0n) is 14.4. The highest BCUT2D eigenvalue weighted by Gasteiger charge is 2.06. The van der Waals surface area contributed by atoms with Gasteiger partial charge in [0.1, 0.15) is 5.75 Å². The fourth-order valence-electron chi connectivity index (χ4n) is 2.74. The molecule has 24 heavy (non-hydrogen) atoms. The molecule has 0 fully saturated rings. The standard InChI is InChI=1S/C19H28O5/c1-24-17-13-12-15(8-4-2-6-10-18(20)21)16(14-17)9-5-3-7-11-19(22)23/h12-14H,2-11H2,1H3,(H,20,21)(H,22,23). The van der Waals surface area contributed by atoms with Gasteiger partial charge in [0.05, 0.1) is 7.11 Å². The number of aliphatic carboxylic acids is 2. The Balaban J connectivity index is 2.47. The molecule has 134 valence electrons. The number of carboxylic acid groups (broad SMARTS) is 2. The number of aryl methyl sites for hydroxylation is 2. The second-order valence-electron chi connectivity index (χ2n) is 6.04. The Morgan fingerprint density at radius 2 is 1.38 bits per heavy atom. The summed E-state index contributed by atoms with van der Waals surface area (Å²) in [4.78, 5) is 21.1. The van der Waals surface area contributed by atoms with Crippen LogP contribution in [0, 0.1) is 0 Å². The fourth-order valence-corrected chi connectivity index (χ4v) is 2.74. The molecule has 0 aromatic heterocycles. The first kappa shape index (κ1) is 20.0. The minimum absolute atomic E-state index is 0.231. The summed E-state index contributed by atoms with van der Waals surface area (Å²) < 4.78 is 5.30. The summed E-state index contributed by atoms with van der Waals surface area (Å²) in [5.74, 6) is -0.634. The summed E-state index contributed by atoms with van der Waals surface area (Å²) in [7, 11) is 1.65. The minimum atomic E-state index is -0.738. The van der Waals surface area contributed by atoms with Crippen molar-refractivity contribution in [3.8, 4) is 5.75 Å². The fraction of sp³-hybridized carbons (Fsp3) is 0.579. The predicted molar refractivity (Wildman–Crippen MR) is 92.6 cm³/mol. The van der Waals surface area contributed by atoms with Crippen LogP contribution in [0.1, 0.15) is 62.5 Å². The normalized spacial score (nSPS) is 10.5. The van der Waals surface area contributed by atoms with Gasteiger partial charge in [0.2, 0.25) is 0 Å². The van der Waals surface area contributed by atoms with Gasteiger partial charge in [-0.15, -0.1) is 0 Å². The number of hydrogen-bond acceptors (Lipinski definition) is 3. The van der Waals surface area contributed by atoms with Gasteiger partial charge >= 0.3 is 11.9 Å². The second kappa shape index (κ2) is 11.5. The highest BCUT2D eigenvalue weighted by molar-refractivity contribution is 5.66. The van der Waals surface area contributed by atoms with Crippen molar-refractivity contribution in [3.63, 3.8) is 0 Å². The van der Waals surface area contributed by atoms with Gasteiger partial charge in [-0.25, -0.2) is 0 Å². The molecule has 1 aromatic rings. The molecule has 0 radical (unpaired) electrons. The summed E-state index contributed by atoms with van der Waals surface area (Å²) in [6, 6.07) is 6.10. The van der Waals surface area contributed by atoms with E-state index in [2.05, 4.69) is 12.1 Å². The molecule has 0 aliphatic rings. The van der Waals surface area contributed by atoms with Crippen LogP contribution >= 0.6 is 0 Å². The average molecular weight is 336 g/mol. The predicted octanol–water partition coefficient (Wildman–Crippen LogP) is 4.07. The van der Waals surface area contributed by atoms with Crippen molar-refractivity contribution in [1.82, 2.24) is 0 Å². The van der Waals surface area contributed by atoms with Crippen LogP contribution in [0.4, 0.5) is 0 Å². The van der Waals surface area contributed by atoms with Gasteiger partial charge < -0.3 is 14.9 Å². The second-order valence-corrected chi connectivity index (χ2v) is 6.04. The number of benzene rings is 1. The van der Waals surface area contributed by atoms with Crippen LogP contribution in [0.5, 0.6) is 5.75 Å². The van der Waals surface area contributed by atoms with E-state index < -0.39 is 11.9 Å². The number of carbonyl (C=O) groups is 2. The van der Waals surface area contributed by atoms with E-state index >= 15 is 0 Å². The first-order chi connectivity index (χ1) is 11.5. The van der Waals surface area contributed by atoms with Gasteiger partial charge in [0.25, 0.3) is 0 Å². The minimum Gasteiger partial charge on any atom is -0.497 e. The van der Waals surface area contributed by atoms with E-state index in [0.29, 0.717) is 6.42 Å². The van der Waals surface area contributed by atoms with Crippen LogP contribution in [0.2, 0.25) is 0 Å². The van der Waals surface area contributed by atoms with E-state index in [0.717, 1.165) is 50.7 Å². The number of carboxylic acids is 2. The first-order valence-electron chi connectivity index (χ1n) is 8.62. The summed E-state index contributed by atoms with van der Waals surface area (Å²) in [5.41, 5.74) is 2.53. The largest absolute Gasteiger partial charge is 0.497 e. The zero-order chi connectivity index (χ0) is 17.8. The molecule has 0 spiro atoms. The van der Waals surface area contributed by atoms with Crippen molar-refractivity contribution in [3.05, 3.63) is 29.3 Å². The topological polar surface area (TPSA) is 83.8 Å². The van der Waals surface area contributed by atoms with Crippen molar-refractivity contribution in [1.29, 1.82) is 0 Å². The molecule has 0 aliphatic heterocycles. The molecule has 0 aliphatic carbocycles. The lowest BCUT2D eigenvalue weighted by molar-refractivity contribution is -0.138. The third-order valence-electron chi connectivity index (χ3n) is 4.09. The molecule has 2 N–H and O–H groups in total. The molecule has 0 amide bonds. The zero-order valence-corrected chi connectivity index (χ0v) is 14.4. The molecule has 5 heteroatoms. The maximum absolute atomic E-state index is 10.5. The molecule has 1 aromatic carbocycles. The van der Waals surface area contributed by atoms with Crippen LogP contribution in [0.15, 0.2) is 18.2 Å². The molecule has 0 heterocycles. The highest BCUT2D eigenvalue weighted by Crippen LogP contribution is 2.22. The Morgan fingerprint density at radius 1 is 0.833 bits per heavy atom. The number of ether oxygens (including phenoxy) is 1. The van der Waals surface area contributed by atoms with E-state index in [1.807, 2.05) is 6.07 Å². The number of hydrogen-bond donors (Lipinski definition) is 2. The smallest absolute Gasteiger partial charge is 0.303 e. The number of unbranched alkanes of at least 4 members (excludes halogenated alkanes) is 4. The molecular weight excluding hydrogens is 308 g/mol. The Labute approximate surface area is 143 Å². The molecule has 0 saturated carbocycles. The summed E-state index contributed by atoms with van der Waals surface area (Å²) in [6.45, 7) is 0. The Morgan fingerprint density at radius 3 is 1.88 bits per heavy atom. The highest BCUT2D eigenvalue weighted by atomic mass is 16.5. The first-order valence-corrected chi connectivity index (χ1v) is 8.62. The molecule has 1 rings (SSSR count). The number of methoxy groups -OCH3 is 1. The van der Waals surface area contributed by atoms with Crippen LogP contribution in [0.3, 0.4) is 0 Å². The van der Waals surface area contributed by atoms with Crippen LogP contribution in [-0.4, -0.2) is 29.3 Å². The van der Waals surface area contributed by atoms with Crippen molar-refractivity contribution >= 4 is 11.9 Å². The van der Waals surface area contributed by atoms with Crippen molar-refractivity contribution < 1.29 is 24.5 Å². The van der Waals surface area contributed by atoms with E-state index in [-0.39, 0.29) is 12.8 Å². The van der Waals surface area contributed by atoms with E-state index in [9.17, 15) is 9.59 Å². The summed E-state index contributed by atoms with van der Waals surface area (Å²) >= 11 is 0. The third kappa shape index (κ3) is 8.56. The van der Waals surface area contributed by atoms with Crippen LogP contribution < -0.4 is 4.74 Å². The van der Waals surface area contributed by atoms with E-state index in [1.54, 1.807) is 7.11 Å². The Kier molecular flexibility index (Phi) is 9.58. The van der Waals surface area contributed by atoms with Crippen LogP contribution in [0.25, 0.3) is 0 Å². The van der Waals surface area contributed by atoms with Gasteiger partial charge in [0.15, 0.2) is 0 Å². The van der Waals surface area contributed by atoms with Gasteiger partial charge in [-0.1, -0.05) is 18.9 Å². The average Bonchev–Trinajstić information content (AvgIpc) is 2.54. The Hall–Kier alpha value is -2.04. The number of rotatable bonds is 13. The maximum atomic E-state index is 10.5. The summed E-state index contributed by atoms with van der Waals surface area (Å²) in [5, 5.41) is 17.3. The Bertz CT molecular complexity index is 524. The van der Waals surface area contributed by atoms with E-state index in [1.165, 1.54) is 11.1 Å². The third-order valence-corrected chi connectivity index (χ3v) is 4.09. The summed E-state index contributed by atoms with van der Waals surface area (Å²) in [6.07, 6.45) is 7.51. The van der Waals surface area contributed by atoms with Gasteiger partial charge in [-0.2, -0.15) is 0 Å². The molecule has 0 atom stereocenters. The maximum Gasteiger partial charge on any atom is 0.303 e. The molecule has 0 unspecified atom stereocenters. The monoisotopic (exact) mass is 336 g/mol. The van der Waals surface area contributed by atoms with Gasteiger partial charge in [-0.05, 0) is 61.8 Å². The van der Waals surface area contributed by atoms with Crippen molar-refractivity contribution in [2.24, 2.45) is 0 Å². The van der Waals surface area contributed by atoms with Crippen molar-refractivity contribution in [2.45, 2.75) is 64.2 Å². The lowest BCUT2D eigenvalue weighted by Crippen LogP contribution is -1.99. The lowest BCUT2D eigenvalue weighted by atomic mass is 9.96. The van der Waals surface area contributed by atoms with Crippen molar-refractivity contribution in [2.75, 3.05) is 7.11 Å². The molecular formula is C19H28O5. The molecule has 0 bridgehead atoms. The van der Waals surface area contributed by atoms with Gasteiger partial charge in [-0.3, -0.25) is 9.59 Å².